The van der Waals surface area contributed by atoms with E-state index >= 15 is 0 Å². The van der Waals surface area contributed by atoms with Gasteiger partial charge in [0.25, 0.3) is 0 Å². The second-order valence-electron chi connectivity index (χ2n) is 7.46. The van der Waals surface area contributed by atoms with Gasteiger partial charge in [-0.25, -0.2) is 4.98 Å². The first kappa shape index (κ1) is 20.7. The van der Waals surface area contributed by atoms with Crippen molar-refractivity contribution in [1.82, 2.24) is 4.98 Å². The van der Waals surface area contributed by atoms with Crippen molar-refractivity contribution in [3.05, 3.63) is 48.2 Å². The molecule has 0 saturated heterocycles. The SMILES string of the molecule is CC(C)Oc1ccc(Oc2ccc(CC[C@@H](CC(N)=O)C(C)C)cc2)cn1. The van der Waals surface area contributed by atoms with Gasteiger partial charge in [0.05, 0.1) is 12.3 Å². The van der Waals surface area contributed by atoms with E-state index < -0.39 is 0 Å². The predicted molar refractivity (Wildman–Crippen MR) is 107 cm³/mol. The van der Waals surface area contributed by atoms with Crippen molar-refractivity contribution in [2.45, 2.75) is 53.1 Å². The summed E-state index contributed by atoms with van der Waals surface area (Å²) in [5.74, 6) is 2.54. The van der Waals surface area contributed by atoms with Crippen LogP contribution in [0.4, 0.5) is 0 Å². The number of primary amides is 1. The van der Waals surface area contributed by atoms with Crippen molar-refractivity contribution in [2.75, 3.05) is 0 Å². The molecular formula is C22H30N2O3. The number of aromatic nitrogens is 1. The normalized spacial score (nSPS) is 12.2. The topological polar surface area (TPSA) is 74.4 Å². The zero-order valence-electron chi connectivity index (χ0n) is 16.6. The Morgan fingerprint density at radius 2 is 1.70 bits per heavy atom. The Kier molecular flexibility index (Phi) is 7.65. The molecule has 27 heavy (non-hydrogen) atoms. The minimum atomic E-state index is -0.226. The van der Waals surface area contributed by atoms with Gasteiger partial charge >= 0.3 is 0 Å². The molecule has 1 aromatic heterocycles. The number of amides is 1. The number of carbonyl (C=O) groups is 1. The van der Waals surface area contributed by atoms with Crippen molar-refractivity contribution in [3.8, 4) is 17.4 Å². The van der Waals surface area contributed by atoms with Crippen molar-refractivity contribution in [1.29, 1.82) is 0 Å². The number of benzene rings is 1. The third-order valence-corrected chi connectivity index (χ3v) is 4.43. The van der Waals surface area contributed by atoms with E-state index in [2.05, 4.69) is 31.0 Å². The van der Waals surface area contributed by atoms with Gasteiger partial charge in [0.2, 0.25) is 11.8 Å². The molecule has 1 heterocycles. The molecule has 0 spiro atoms. The van der Waals surface area contributed by atoms with E-state index in [1.807, 2.05) is 32.0 Å². The van der Waals surface area contributed by atoms with Crippen LogP contribution in [-0.2, 0) is 11.2 Å². The molecule has 1 atom stereocenters. The molecule has 0 aliphatic heterocycles. The highest BCUT2D eigenvalue weighted by molar-refractivity contribution is 5.74. The number of rotatable bonds is 10. The molecule has 1 aromatic carbocycles. The maximum Gasteiger partial charge on any atom is 0.217 e. The lowest BCUT2D eigenvalue weighted by Crippen LogP contribution is -2.20. The Hall–Kier alpha value is -2.56. The molecule has 2 aromatic rings. The largest absolute Gasteiger partial charge is 0.475 e. The highest BCUT2D eigenvalue weighted by Crippen LogP contribution is 2.25. The number of hydrogen-bond acceptors (Lipinski definition) is 4. The first-order valence-corrected chi connectivity index (χ1v) is 9.51. The standard InChI is InChI=1S/C22H30N2O3/c1-15(2)18(13-21(23)25)8-5-17-6-9-19(10-7-17)27-20-11-12-22(24-14-20)26-16(3)4/h6-7,9-12,14-16,18H,5,8,13H2,1-4H3,(H2,23,25)/t18-/m0/s1. The third kappa shape index (κ3) is 7.29. The first-order valence-electron chi connectivity index (χ1n) is 9.51. The van der Waals surface area contributed by atoms with Crippen LogP contribution in [0.5, 0.6) is 17.4 Å². The minimum Gasteiger partial charge on any atom is -0.475 e. The maximum absolute atomic E-state index is 11.2. The molecule has 5 nitrogen and oxygen atoms in total. The molecule has 0 saturated carbocycles. The van der Waals surface area contributed by atoms with Gasteiger partial charge in [-0.3, -0.25) is 4.79 Å². The molecule has 2 N–H and O–H groups in total. The highest BCUT2D eigenvalue weighted by Gasteiger charge is 2.16. The van der Waals surface area contributed by atoms with Gasteiger partial charge in [-0.1, -0.05) is 26.0 Å². The lowest BCUT2D eigenvalue weighted by Gasteiger charge is -2.19. The van der Waals surface area contributed by atoms with Crippen molar-refractivity contribution < 1.29 is 14.3 Å². The Morgan fingerprint density at radius 1 is 1.04 bits per heavy atom. The van der Waals surface area contributed by atoms with E-state index in [1.165, 1.54) is 5.56 Å². The number of ether oxygens (including phenoxy) is 2. The summed E-state index contributed by atoms with van der Waals surface area (Å²) in [7, 11) is 0. The van der Waals surface area contributed by atoms with Gasteiger partial charge in [-0.15, -0.1) is 0 Å². The van der Waals surface area contributed by atoms with Crippen LogP contribution in [-0.4, -0.2) is 17.0 Å². The number of nitrogens with two attached hydrogens (primary N) is 1. The molecule has 5 heteroatoms. The Labute approximate surface area is 161 Å². The minimum absolute atomic E-state index is 0.0927. The Bertz CT molecular complexity index is 709. The molecule has 0 aliphatic rings. The van der Waals surface area contributed by atoms with Gasteiger partial charge in [-0.05, 0) is 62.3 Å². The van der Waals surface area contributed by atoms with Crippen LogP contribution in [0.3, 0.4) is 0 Å². The van der Waals surface area contributed by atoms with Crippen LogP contribution in [0.1, 0.15) is 46.1 Å². The molecule has 0 bridgehead atoms. The van der Waals surface area contributed by atoms with E-state index in [0.29, 0.717) is 29.9 Å². The van der Waals surface area contributed by atoms with Crippen molar-refractivity contribution in [3.63, 3.8) is 0 Å². The average molecular weight is 370 g/mol. The van der Waals surface area contributed by atoms with Gasteiger partial charge in [0.15, 0.2) is 0 Å². The fraction of sp³-hybridized carbons (Fsp3) is 0.455. The van der Waals surface area contributed by atoms with Crippen LogP contribution >= 0.6 is 0 Å². The van der Waals surface area contributed by atoms with Gasteiger partial charge in [0.1, 0.15) is 11.5 Å². The highest BCUT2D eigenvalue weighted by atomic mass is 16.5. The summed E-state index contributed by atoms with van der Waals surface area (Å²) >= 11 is 0. The molecule has 0 fully saturated rings. The Balaban J connectivity index is 1.90. The fourth-order valence-electron chi connectivity index (χ4n) is 2.88. The van der Waals surface area contributed by atoms with Gasteiger partial charge < -0.3 is 15.2 Å². The summed E-state index contributed by atoms with van der Waals surface area (Å²) in [6, 6.07) is 11.7. The van der Waals surface area contributed by atoms with Crippen LogP contribution in [0.2, 0.25) is 0 Å². The molecule has 146 valence electrons. The Morgan fingerprint density at radius 3 is 2.22 bits per heavy atom. The lowest BCUT2D eigenvalue weighted by atomic mass is 9.87. The quantitative estimate of drug-likeness (QED) is 0.655. The zero-order valence-corrected chi connectivity index (χ0v) is 16.6. The van der Waals surface area contributed by atoms with Crippen LogP contribution in [0.25, 0.3) is 0 Å². The number of carbonyl (C=O) groups excluding carboxylic acids is 1. The average Bonchev–Trinajstić information content (AvgIpc) is 2.60. The molecule has 0 aliphatic carbocycles. The monoisotopic (exact) mass is 370 g/mol. The van der Waals surface area contributed by atoms with E-state index in [-0.39, 0.29) is 12.0 Å². The molecule has 0 unspecified atom stereocenters. The van der Waals surface area contributed by atoms with Gasteiger partial charge in [0, 0.05) is 12.5 Å². The molecular weight excluding hydrogens is 340 g/mol. The number of nitrogens with zero attached hydrogens (tertiary/aromatic N) is 1. The van der Waals surface area contributed by atoms with E-state index in [0.717, 1.165) is 18.6 Å². The van der Waals surface area contributed by atoms with Crippen molar-refractivity contribution >= 4 is 5.91 Å². The number of hydrogen-bond donors (Lipinski definition) is 1. The van der Waals surface area contributed by atoms with Gasteiger partial charge in [-0.2, -0.15) is 0 Å². The smallest absolute Gasteiger partial charge is 0.217 e. The lowest BCUT2D eigenvalue weighted by molar-refractivity contribution is -0.119. The summed E-state index contributed by atoms with van der Waals surface area (Å²) < 4.78 is 11.4. The van der Waals surface area contributed by atoms with Crippen LogP contribution < -0.4 is 15.2 Å². The van der Waals surface area contributed by atoms with Crippen molar-refractivity contribution in [2.24, 2.45) is 17.6 Å². The maximum atomic E-state index is 11.2. The van der Waals surface area contributed by atoms with E-state index in [4.69, 9.17) is 15.2 Å². The van der Waals surface area contributed by atoms with E-state index in [9.17, 15) is 4.79 Å². The summed E-state index contributed by atoms with van der Waals surface area (Å²) in [6.45, 7) is 8.20. The third-order valence-electron chi connectivity index (χ3n) is 4.43. The summed E-state index contributed by atoms with van der Waals surface area (Å²) in [5.41, 5.74) is 6.58. The molecule has 0 radical (unpaired) electrons. The summed E-state index contributed by atoms with van der Waals surface area (Å²) in [4.78, 5) is 15.4. The second-order valence-corrected chi connectivity index (χ2v) is 7.46. The molecule has 2 rings (SSSR count). The van der Waals surface area contributed by atoms with E-state index in [1.54, 1.807) is 12.3 Å². The summed E-state index contributed by atoms with van der Waals surface area (Å²) in [5, 5.41) is 0. The number of aryl methyl sites for hydroxylation is 1. The predicted octanol–water partition coefficient (Wildman–Crippen LogP) is 4.74. The molecule has 1 amide bonds. The second kappa shape index (κ2) is 9.95. The fourth-order valence-corrected chi connectivity index (χ4v) is 2.88. The summed E-state index contributed by atoms with van der Waals surface area (Å²) in [6.07, 6.45) is 4.06. The number of pyridine rings is 1. The van der Waals surface area contributed by atoms with Crippen LogP contribution in [0.15, 0.2) is 42.6 Å². The zero-order chi connectivity index (χ0) is 19.8. The first-order chi connectivity index (χ1) is 12.8. The van der Waals surface area contributed by atoms with Crippen LogP contribution in [0, 0.1) is 11.8 Å².